The van der Waals surface area contributed by atoms with E-state index in [1.54, 1.807) is 6.92 Å². The molecule has 1 heterocycles. The highest BCUT2D eigenvalue weighted by atomic mass is 16.5. The molecule has 0 aromatic rings. The smallest absolute Gasteiger partial charge is 0.413 e. The number of rotatable bonds is 5. The van der Waals surface area contributed by atoms with Crippen LogP contribution in [0.5, 0.6) is 0 Å². The zero-order valence-electron chi connectivity index (χ0n) is 11.0. The van der Waals surface area contributed by atoms with Crippen molar-refractivity contribution < 1.29 is 14.3 Å². The summed E-state index contributed by atoms with van der Waals surface area (Å²) < 4.78 is 4.65. The Morgan fingerprint density at radius 3 is 2.61 bits per heavy atom. The lowest BCUT2D eigenvalue weighted by molar-refractivity contribution is -0.121. The van der Waals surface area contributed by atoms with E-state index in [0.717, 1.165) is 38.9 Å². The van der Waals surface area contributed by atoms with Crippen LogP contribution in [0.2, 0.25) is 0 Å². The number of carbonyl (C=O) groups is 2. The van der Waals surface area contributed by atoms with Crippen molar-refractivity contribution in [3.8, 4) is 0 Å². The van der Waals surface area contributed by atoms with Crippen molar-refractivity contribution in [2.75, 3.05) is 32.8 Å². The van der Waals surface area contributed by atoms with Crippen LogP contribution >= 0.6 is 0 Å². The molecule has 0 radical (unpaired) electrons. The molecule has 0 spiro atoms. The monoisotopic (exact) mass is 257 g/mol. The number of hydrogen-bond donors (Lipinski definition) is 2. The number of ether oxygens (including phenoxy) is 1. The van der Waals surface area contributed by atoms with Crippen molar-refractivity contribution in [1.82, 2.24) is 10.2 Å². The Labute approximate surface area is 108 Å². The van der Waals surface area contributed by atoms with Crippen LogP contribution in [0.25, 0.3) is 0 Å². The van der Waals surface area contributed by atoms with E-state index in [0.29, 0.717) is 5.92 Å². The van der Waals surface area contributed by atoms with Gasteiger partial charge >= 0.3 is 6.09 Å². The number of alkyl carbamates (subject to hydrolysis) is 1. The van der Waals surface area contributed by atoms with Gasteiger partial charge in [0.2, 0.25) is 5.91 Å². The van der Waals surface area contributed by atoms with E-state index in [1.165, 1.54) is 0 Å². The van der Waals surface area contributed by atoms with Crippen LogP contribution in [0, 0.1) is 5.92 Å². The number of nitrogens with two attached hydrogens (primary N) is 1. The van der Waals surface area contributed by atoms with Crippen LogP contribution in [0.15, 0.2) is 0 Å². The Morgan fingerprint density at radius 2 is 2.06 bits per heavy atom. The molecule has 0 aromatic carbocycles. The summed E-state index contributed by atoms with van der Waals surface area (Å²) in [7, 11) is 0. The second-order valence-electron chi connectivity index (χ2n) is 4.57. The van der Waals surface area contributed by atoms with Gasteiger partial charge < -0.3 is 10.5 Å². The number of hydrogen-bond acceptors (Lipinski definition) is 5. The highest BCUT2D eigenvalue weighted by molar-refractivity contribution is 5.92. The fourth-order valence-electron chi connectivity index (χ4n) is 2.19. The van der Waals surface area contributed by atoms with E-state index in [2.05, 4.69) is 15.0 Å². The summed E-state index contributed by atoms with van der Waals surface area (Å²) in [5.41, 5.74) is 5.53. The van der Waals surface area contributed by atoms with Gasteiger partial charge in [0, 0.05) is 0 Å². The third-order valence-electron chi connectivity index (χ3n) is 3.17. The van der Waals surface area contributed by atoms with Crippen molar-refractivity contribution in [1.29, 1.82) is 0 Å². The molecule has 1 rings (SSSR count). The Bertz CT molecular complexity index is 276. The molecule has 18 heavy (non-hydrogen) atoms. The summed E-state index contributed by atoms with van der Waals surface area (Å²) >= 11 is 0. The van der Waals surface area contributed by atoms with Gasteiger partial charge in [-0.2, -0.15) is 0 Å². The summed E-state index contributed by atoms with van der Waals surface area (Å²) in [4.78, 5) is 24.6. The predicted molar refractivity (Wildman–Crippen MR) is 68.0 cm³/mol. The largest absolute Gasteiger partial charge is 0.450 e. The molecule has 2 amide bonds. The number of nitrogens with zero attached hydrogens (tertiary/aromatic N) is 1. The zero-order valence-corrected chi connectivity index (χ0v) is 11.0. The predicted octanol–water partition coefficient (Wildman–Crippen LogP) is 0.320. The lowest BCUT2D eigenvalue weighted by Crippen LogP contribution is -2.43. The third-order valence-corrected chi connectivity index (χ3v) is 3.17. The standard InChI is InChI=1S/C12H23N3O3/c1-2-18-12(17)14-11(16)9-15-7-4-10(3-6-13)5-8-15/h10H,2-9,13H2,1H3,(H,14,16,17). The minimum atomic E-state index is -0.666. The maximum Gasteiger partial charge on any atom is 0.413 e. The van der Waals surface area contributed by atoms with E-state index < -0.39 is 6.09 Å². The van der Waals surface area contributed by atoms with Gasteiger partial charge in [0.15, 0.2) is 0 Å². The molecule has 0 atom stereocenters. The molecular formula is C12H23N3O3. The van der Waals surface area contributed by atoms with E-state index in [4.69, 9.17) is 5.73 Å². The van der Waals surface area contributed by atoms with Gasteiger partial charge in [0.1, 0.15) is 0 Å². The molecule has 0 saturated carbocycles. The molecule has 0 aliphatic carbocycles. The number of nitrogens with one attached hydrogen (secondary N) is 1. The molecule has 0 unspecified atom stereocenters. The lowest BCUT2D eigenvalue weighted by Gasteiger charge is -2.31. The van der Waals surface area contributed by atoms with Gasteiger partial charge in [-0.25, -0.2) is 4.79 Å². The molecule has 0 bridgehead atoms. The molecule has 0 aromatic heterocycles. The Morgan fingerprint density at radius 1 is 1.39 bits per heavy atom. The van der Waals surface area contributed by atoms with Gasteiger partial charge in [-0.05, 0) is 51.7 Å². The fraction of sp³-hybridized carbons (Fsp3) is 0.833. The number of likely N-dealkylation sites (tertiary alicyclic amines) is 1. The first-order valence-electron chi connectivity index (χ1n) is 6.54. The summed E-state index contributed by atoms with van der Waals surface area (Å²) in [6, 6.07) is 0. The second-order valence-corrected chi connectivity index (χ2v) is 4.57. The first-order chi connectivity index (χ1) is 8.65. The average Bonchev–Trinajstić information content (AvgIpc) is 2.32. The van der Waals surface area contributed by atoms with Gasteiger partial charge in [0.25, 0.3) is 0 Å². The molecule has 1 fully saturated rings. The van der Waals surface area contributed by atoms with Crippen LogP contribution in [-0.4, -0.2) is 49.7 Å². The van der Waals surface area contributed by atoms with E-state index in [1.807, 2.05) is 0 Å². The van der Waals surface area contributed by atoms with Crippen molar-refractivity contribution in [3.63, 3.8) is 0 Å². The molecule has 1 aliphatic heterocycles. The van der Waals surface area contributed by atoms with Crippen molar-refractivity contribution in [3.05, 3.63) is 0 Å². The minimum absolute atomic E-state index is 0.258. The van der Waals surface area contributed by atoms with Crippen molar-refractivity contribution >= 4 is 12.0 Å². The molecule has 1 saturated heterocycles. The Hall–Kier alpha value is -1.14. The molecule has 6 heteroatoms. The van der Waals surface area contributed by atoms with Gasteiger partial charge in [-0.3, -0.25) is 15.0 Å². The normalized spacial score (nSPS) is 17.4. The summed E-state index contributed by atoms with van der Waals surface area (Å²) in [6.07, 6.45) is 2.54. The Balaban J connectivity index is 2.20. The maximum atomic E-state index is 11.5. The number of imide groups is 1. The summed E-state index contributed by atoms with van der Waals surface area (Å²) in [6.45, 7) is 4.74. The molecule has 3 N–H and O–H groups in total. The van der Waals surface area contributed by atoms with Crippen LogP contribution in [-0.2, 0) is 9.53 Å². The fourth-order valence-corrected chi connectivity index (χ4v) is 2.19. The van der Waals surface area contributed by atoms with E-state index in [-0.39, 0.29) is 19.1 Å². The number of amides is 2. The number of piperidine rings is 1. The molecule has 6 nitrogen and oxygen atoms in total. The van der Waals surface area contributed by atoms with Crippen LogP contribution in [0.1, 0.15) is 26.2 Å². The lowest BCUT2D eigenvalue weighted by atomic mass is 9.94. The van der Waals surface area contributed by atoms with Crippen LogP contribution in [0.4, 0.5) is 4.79 Å². The zero-order chi connectivity index (χ0) is 13.4. The van der Waals surface area contributed by atoms with Crippen molar-refractivity contribution in [2.45, 2.75) is 26.2 Å². The van der Waals surface area contributed by atoms with Crippen LogP contribution < -0.4 is 11.1 Å². The summed E-state index contributed by atoms with van der Waals surface area (Å²) in [5.74, 6) is 0.380. The number of carbonyl (C=O) groups excluding carboxylic acids is 2. The van der Waals surface area contributed by atoms with Gasteiger partial charge in [0.05, 0.1) is 13.2 Å². The topological polar surface area (TPSA) is 84.7 Å². The first kappa shape index (κ1) is 14.9. The van der Waals surface area contributed by atoms with E-state index in [9.17, 15) is 9.59 Å². The highest BCUT2D eigenvalue weighted by Crippen LogP contribution is 2.19. The summed E-state index contributed by atoms with van der Waals surface area (Å²) in [5, 5.41) is 2.20. The van der Waals surface area contributed by atoms with Crippen LogP contribution in [0.3, 0.4) is 0 Å². The molecule has 1 aliphatic rings. The van der Waals surface area contributed by atoms with Gasteiger partial charge in [-0.1, -0.05) is 0 Å². The second kappa shape index (κ2) is 8.05. The highest BCUT2D eigenvalue weighted by Gasteiger charge is 2.20. The van der Waals surface area contributed by atoms with Gasteiger partial charge in [-0.15, -0.1) is 0 Å². The first-order valence-corrected chi connectivity index (χ1v) is 6.54. The van der Waals surface area contributed by atoms with Crippen molar-refractivity contribution in [2.24, 2.45) is 11.7 Å². The minimum Gasteiger partial charge on any atom is -0.450 e. The molecular weight excluding hydrogens is 234 g/mol. The Kier molecular flexibility index (Phi) is 6.67. The average molecular weight is 257 g/mol. The SMILES string of the molecule is CCOC(=O)NC(=O)CN1CCC(CCN)CC1. The van der Waals surface area contributed by atoms with E-state index >= 15 is 0 Å². The molecule has 104 valence electrons. The maximum absolute atomic E-state index is 11.5. The quantitative estimate of drug-likeness (QED) is 0.741. The third kappa shape index (κ3) is 5.46.